The molecule has 1 heterocycles. The molecule has 1 amide bonds. The summed E-state index contributed by atoms with van der Waals surface area (Å²) in [6, 6.07) is 14.8. The number of aliphatic hydroxyl groups is 1. The van der Waals surface area contributed by atoms with E-state index < -0.39 is 6.10 Å². The van der Waals surface area contributed by atoms with Gasteiger partial charge in [-0.3, -0.25) is 4.79 Å². The molecular weight excluding hydrogens is 404 g/mol. The van der Waals surface area contributed by atoms with Gasteiger partial charge in [0, 0.05) is 18.7 Å². The van der Waals surface area contributed by atoms with E-state index in [0.29, 0.717) is 18.0 Å². The number of nitrogens with zero attached hydrogens (tertiary/aromatic N) is 1. The van der Waals surface area contributed by atoms with E-state index in [-0.39, 0.29) is 25.0 Å². The largest absolute Gasteiger partial charge is 0.493 e. The Morgan fingerprint density at radius 2 is 1.84 bits per heavy atom. The summed E-state index contributed by atoms with van der Waals surface area (Å²) >= 11 is 0. The molecule has 0 radical (unpaired) electrons. The van der Waals surface area contributed by atoms with E-state index in [1.807, 2.05) is 12.1 Å². The number of benzene rings is 2. The number of aliphatic hydroxyl groups excluding tert-OH is 1. The maximum Gasteiger partial charge on any atom is 0.351 e. The number of carbonyl (C=O) groups is 1. The number of hydrogen-bond acceptors (Lipinski definition) is 4. The van der Waals surface area contributed by atoms with Crippen LogP contribution in [-0.2, 0) is 15.6 Å². The summed E-state index contributed by atoms with van der Waals surface area (Å²) in [6.07, 6.45) is 3.89. The summed E-state index contributed by atoms with van der Waals surface area (Å²) in [4.78, 5) is 15.0. The molecule has 2 aromatic carbocycles. The van der Waals surface area contributed by atoms with E-state index in [1.54, 1.807) is 24.3 Å². The summed E-state index contributed by atoms with van der Waals surface area (Å²) < 4.78 is 10.6. The first-order valence-corrected chi connectivity index (χ1v) is 11.5. The molecule has 172 valence electrons. The van der Waals surface area contributed by atoms with Crippen molar-refractivity contribution < 1.29 is 19.1 Å². The van der Waals surface area contributed by atoms with Crippen molar-refractivity contribution in [3.8, 4) is 11.5 Å². The Labute approximate surface area is 190 Å². The Hall–Kier alpha value is -2.70. The quantitative estimate of drug-likeness (QED) is 0.494. The molecule has 1 aliphatic heterocycles. The lowest BCUT2D eigenvalue weighted by Crippen LogP contribution is -2.47. The van der Waals surface area contributed by atoms with E-state index in [4.69, 9.17) is 9.16 Å². The first kappa shape index (κ1) is 24.0. The van der Waals surface area contributed by atoms with Crippen LogP contribution in [0.15, 0.2) is 48.5 Å². The zero-order valence-corrected chi connectivity index (χ0v) is 19.0. The number of ether oxygens (including phenoxy) is 1. The normalized spacial score (nSPS) is 15.8. The summed E-state index contributed by atoms with van der Waals surface area (Å²) in [5.74, 6) is 1.18. The molecule has 2 unspecified atom stereocenters. The van der Waals surface area contributed by atoms with Gasteiger partial charge in [0.25, 0.3) is 6.79 Å². The third kappa shape index (κ3) is 7.18. The van der Waals surface area contributed by atoms with E-state index in [1.165, 1.54) is 5.56 Å². The summed E-state index contributed by atoms with van der Waals surface area (Å²) in [5.41, 5.74) is 2.09. The highest BCUT2D eigenvalue weighted by molar-refractivity contribution is 5.76. The monoisotopic (exact) mass is 439 g/mol. The molecular formula is C26H35N2O4+. The minimum atomic E-state index is -0.758. The fourth-order valence-corrected chi connectivity index (χ4v) is 4.04. The van der Waals surface area contributed by atoms with Gasteiger partial charge in [0.1, 0.15) is 11.9 Å². The number of nitrogens with one attached hydrogen (secondary N) is 1. The molecule has 0 spiro atoms. The molecule has 0 saturated carbocycles. The van der Waals surface area contributed by atoms with Crippen molar-refractivity contribution in [2.75, 3.05) is 26.2 Å². The molecule has 2 aromatic rings. The molecule has 6 nitrogen and oxygen atoms in total. The van der Waals surface area contributed by atoms with E-state index >= 15 is 0 Å². The van der Waals surface area contributed by atoms with E-state index in [2.05, 4.69) is 36.1 Å². The molecule has 1 saturated heterocycles. The van der Waals surface area contributed by atoms with Gasteiger partial charge in [0.05, 0.1) is 19.1 Å². The SMILES string of the molecule is C=[O+]c1ccc(OCCC(=O)NC(CN2CCCC2)C(O)c2ccc(CCC)cc2)cc1. The predicted octanol–water partition coefficient (Wildman–Crippen LogP) is 3.80. The van der Waals surface area contributed by atoms with E-state index in [9.17, 15) is 9.90 Å². The zero-order valence-electron chi connectivity index (χ0n) is 19.0. The Balaban J connectivity index is 1.57. The van der Waals surface area contributed by atoms with Crippen LogP contribution >= 0.6 is 0 Å². The third-order valence-electron chi connectivity index (χ3n) is 5.83. The molecule has 6 heteroatoms. The van der Waals surface area contributed by atoms with Crippen molar-refractivity contribution in [3.05, 3.63) is 59.7 Å². The fourth-order valence-electron chi connectivity index (χ4n) is 4.04. The summed E-state index contributed by atoms with van der Waals surface area (Å²) in [7, 11) is 0. The molecule has 32 heavy (non-hydrogen) atoms. The lowest BCUT2D eigenvalue weighted by molar-refractivity contribution is -0.354. The highest BCUT2D eigenvalue weighted by Gasteiger charge is 2.26. The van der Waals surface area contributed by atoms with Crippen LogP contribution in [0.5, 0.6) is 11.5 Å². The van der Waals surface area contributed by atoms with Gasteiger partial charge in [0.2, 0.25) is 5.91 Å². The second kappa shape index (κ2) is 12.4. The minimum Gasteiger partial charge on any atom is -0.493 e. The average molecular weight is 440 g/mol. The highest BCUT2D eigenvalue weighted by Crippen LogP contribution is 2.21. The predicted molar refractivity (Wildman–Crippen MR) is 126 cm³/mol. The Morgan fingerprint density at radius 3 is 2.47 bits per heavy atom. The van der Waals surface area contributed by atoms with Crippen LogP contribution in [0.2, 0.25) is 0 Å². The first-order valence-electron chi connectivity index (χ1n) is 11.5. The third-order valence-corrected chi connectivity index (χ3v) is 5.83. The van der Waals surface area contributed by atoms with Gasteiger partial charge in [-0.15, -0.1) is 0 Å². The molecule has 3 rings (SSSR count). The topological polar surface area (TPSA) is 73.1 Å². The van der Waals surface area contributed by atoms with Crippen molar-refractivity contribution in [2.24, 2.45) is 0 Å². The van der Waals surface area contributed by atoms with Crippen LogP contribution in [0.3, 0.4) is 0 Å². The maximum absolute atomic E-state index is 12.6. The second-order valence-electron chi connectivity index (χ2n) is 8.33. The van der Waals surface area contributed by atoms with Crippen molar-refractivity contribution in [1.82, 2.24) is 10.2 Å². The standard InChI is InChI=1S/C26H34N2O4/c1-3-6-20-7-9-21(10-8-20)26(30)24(19-28-16-4-5-17-28)27-25(29)15-18-32-23-13-11-22(31-2)12-14-23/h7-14,24,26,30H,2-6,15-19H2,1H3/p+1. The molecule has 1 fully saturated rings. The van der Waals surface area contributed by atoms with Crippen molar-refractivity contribution >= 4 is 12.7 Å². The maximum atomic E-state index is 12.6. The van der Waals surface area contributed by atoms with Crippen LogP contribution in [0.25, 0.3) is 0 Å². The lowest BCUT2D eigenvalue weighted by atomic mass is 9.99. The zero-order chi connectivity index (χ0) is 22.8. The highest BCUT2D eigenvalue weighted by atomic mass is 16.5. The van der Waals surface area contributed by atoms with Gasteiger partial charge in [-0.2, -0.15) is 0 Å². The minimum absolute atomic E-state index is 0.131. The smallest absolute Gasteiger partial charge is 0.351 e. The number of likely N-dealkylation sites (tertiary alicyclic amines) is 1. The van der Waals surface area contributed by atoms with Gasteiger partial charge >= 0.3 is 5.75 Å². The van der Waals surface area contributed by atoms with Gasteiger partial charge < -0.3 is 20.1 Å². The van der Waals surface area contributed by atoms with Crippen LogP contribution in [0.4, 0.5) is 0 Å². The number of carbonyl (C=O) groups excluding carboxylic acids is 2. The Kier molecular flexibility index (Phi) is 9.26. The molecule has 2 atom stereocenters. The van der Waals surface area contributed by atoms with Crippen molar-refractivity contribution in [3.63, 3.8) is 0 Å². The van der Waals surface area contributed by atoms with E-state index in [0.717, 1.165) is 44.3 Å². The van der Waals surface area contributed by atoms with Crippen LogP contribution in [0.1, 0.15) is 49.8 Å². The van der Waals surface area contributed by atoms with Gasteiger partial charge in [-0.1, -0.05) is 37.6 Å². The number of aryl methyl sites for hydroxylation is 1. The van der Waals surface area contributed by atoms with Gasteiger partial charge in [-0.25, -0.2) is 4.42 Å². The summed E-state index contributed by atoms with van der Waals surface area (Å²) in [6.45, 7) is 8.42. The Bertz CT molecular complexity index is 845. The van der Waals surface area contributed by atoms with Crippen LogP contribution < -0.4 is 10.1 Å². The first-order chi connectivity index (χ1) is 15.6. The average Bonchev–Trinajstić information content (AvgIpc) is 3.32. The number of rotatable bonds is 12. The van der Waals surface area contributed by atoms with Crippen LogP contribution in [0, 0.1) is 0 Å². The molecule has 0 bridgehead atoms. The second-order valence-corrected chi connectivity index (χ2v) is 8.33. The molecule has 0 aromatic heterocycles. The molecule has 1 aliphatic rings. The number of amides is 1. The van der Waals surface area contributed by atoms with Gasteiger partial charge in [-0.05, 0) is 55.6 Å². The van der Waals surface area contributed by atoms with Gasteiger partial charge in [0.15, 0.2) is 0 Å². The van der Waals surface area contributed by atoms with Crippen molar-refractivity contribution in [1.29, 1.82) is 0 Å². The molecule has 0 aliphatic carbocycles. The number of hydrogen-bond donors (Lipinski definition) is 2. The Morgan fingerprint density at radius 1 is 1.16 bits per heavy atom. The fraction of sp³-hybridized carbons (Fsp3) is 0.462. The van der Waals surface area contributed by atoms with Crippen molar-refractivity contribution in [2.45, 2.75) is 51.2 Å². The molecule has 2 N–H and O–H groups in total. The van der Waals surface area contributed by atoms with Crippen LogP contribution in [-0.4, -0.2) is 55.0 Å². The summed E-state index contributed by atoms with van der Waals surface area (Å²) in [5, 5.41) is 14.1. The lowest BCUT2D eigenvalue weighted by Gasteiger charge is -2.29.